The van der Waals surface area contributed by atoms with Crippen molar-refractivity contribution >= 4 is 27.4 Å². The van der Waals surface area contributed by atoms with Gasteiger partial charge in [-0.25, -0.2) is 0 Å². The normalized spacial score (nSPS) is 10.7. The summed E-state index contributed by atoms with van der Waals surface area (Å²) in [5.41, 5.74) is 10.1. The molecule has 1 aromatic carbocycles. The monoisotopic (exact) mass is 306 g/mol. The van der Waals surface area contributed by atoms with E-state index < -0.39 is 0 Å². The molecule has 0 aliphatic heterocycles. The van der Waals surface area contributed by atoms with E-state index in [1.54, 1.807) is 6.92 Å². The third kappa shape index (κ3) is 1.97. The molecule has 1 aromatic heterocycles. The first kappa shape index (κ1) is 12.9. The van der Waals surface area contributed by atoms with Gasteiger partial charge in [0.05, 0.1) is 16.9 Å². The first-order valence-corrected chi connectivity index (χ1v) is 6.44. The molecule has 2 aromatic rings. The standard InChI is InChI=1S/C14H15BrN2O/c1-8-12(9(2)18)13(16)14(17(8)3)10-4-6-11(15)7-5-10/h4-7H,16H2,1-3H3. The molecule has 4 heteroatoms. The van der Waals surface area contributed by atoms with Crippen LogP contribution in [0.3, 0.4) is 0 Å². The van der Waals surface area contributed by atoms with Gasteiger partial charge in [0.1, 0.15) is 0 Å². The number of anilines is 1. The SMILES string of the molecule is CC(=O)c1c(N)c(-c2ccc(Br)cc2)n(C)c1C. The van der Waals surface area contributed by atoms with Gasteiger partial charge < -0.3 is 10.3 Å². The highest BCUT2D eigenvalue weighted by atomic mass is 79.9. The highest BCUT2D eigenvalue weighted by Gasteiger charge is 2.19. The lowest BCUT2D eigenvalue weighted by Crippen LogP contribution is -1.98. The molecule has 1 heterocycles. The maximum Gasteiger partial charge on any atom is 0.163 e. The Morgan fingerprint density at radius 2 is 1.83 bits per heavy atom. The predicted octanol–water partition coefficient (Wildman–Crippen LogP) is 3.55. The summed E-state index contributed by atoms with van der Waals surface area (Å²) in [5, 5.41) is 0. The molecule has 0 amide bonds. The fourth-order valence-electron chi connectivity index (χ4n) is 2.23. The minimum atomic E-state index is 0.00367. The molecule has 3 nitrogen and oxygen atoms in total. The van der Waals surface area contributed by atoms with Gasteiger partial charge in [0.2, 0.25) is 0 Å². The molecule has 0 saturated carbocycles. The molecule has 0 bridgehead atoms. The first-order valence-electron chi connectivity index (χ1n) is 5.65. The number of carbonyl (C=O) groups excluding carboxylic acids is 1. The van der Waals surface area contributed by atoms with Crippen molar-refractivity contribution < 1.29 is 4.79 Å². The number of Topliss-reactive ketones (excluding diaryl/α,β-unsaturated/α-hetero) is 1. The average Bonchev–Trinajstić information content (AvgIpc) is 2.52. The van der Waals surface area contributed by atoms with Gasteiger partial charge in [-0.15, -0.1) is 0 Å². The van der Waals surface area contributed by atoms with E-state index in [4.69, 9.17) is 5.73 Å². The van der Waals surface area contributed by atoms with Crippen molar-refractivity contribution in [2.24, 2.45) is 7.05 Å². The van der Waals surface area contributed by atoms with E-state index in [2.05, 4.69) is 15.9 Å². The predicted molar refractivity (Wildman–Crippen MR) is 77.7 cm³/mol. The van der Waals surface area contributed by atoms with Gasteiger partial charge in [-0.2, -0.15) is 0 Å². The van der Waals surface area contributed by atoms with Crippen molar-refractivity contribution in [3.05, 3.63) is 40.0 Å². The Kier molecular flexibility index (Phi) is 3.30. The fraction of sp³-hybridized carbons (Fsp3) is 0.214. The number of carbonyl (C=O) groups is 1. The molecule has 0 saturated heterocycles. The summed E-state index contributed by atoms with van der Waals surface area (Å²) in [7, 11) is 1.93. The van der Waals surface area contributed by atoms with Gasteiger partial charge in [0.15, 0.2) is 5.78 Å². The number of hydrogen-bond donors (Lipinski definition) is 1. The van der Waals surface area contributed by atoms with Crippen molar-refractivity contribution in [2.45, 2.75) is 13.8 Å². The number of nitrogen functional groups attached to an aromatic ring is 1. The summed E-state index contributed by atoms with van der Waals surface area (Å²) in [4.78, 5) is 11.6. The van der Waals surface area contributed by atoms with Crippen molar-refractivity contribution in [1.29, 1.82) is 0 Å². The van der Waals surface area contributed by atoms with Crippen molar-refractivity contribution in [2.75, 3.05) is 5.73 Å². The summed E-state index contributed by atoms with van der Waals surface area (Å²) in [6.07, 6.45) is 0. The molecule has 0 aliphatic carbocycles. The highest BCUT2D eigenvalue weighted by Crippen LogP contribution is 2.33. The van der Waals surface area contributed by atoms with E-state index in [0.29, 0.717) is 11.3 Å². The molecule has 2 rings (SSSR count). The Morgan fingerprint density at radius 3 is 2.28 bits per heavy atom. The van der Waals surface area contributed by atoms with Crippen LogP contribution in [0.2, 0.25) is 0 Å². The maximum absolute atomic E-state index is 11.6. The Balaban J connectivity index is 2.69. The molecule has 0 spiro atoms. The number of benzene rings is 1. The Labute approximate surface area is 115 Å². The largest absolute Gasteiger partial charge is 0.396 e. The topological polar surface area (TPSA) is 48.0 Å². The molecule has 2 N–H and O–H groups in total. The Hall–Kier alpha value is -1.55. The molecular formula is C14H15BrN2O. The molecule has 18 heavy (non-hydrogen) atoms. The van der Waals surface area contributed by atoms with Gasteiger partial charge in [-0.3, -0.25) is 4.79 Å². The van der Waals surface area contributed by atoms with Crippen LogP contribution in [0.1, 0.15) is 23.0 Å². The minimum Gasteiger partial charge on any atom is -0.396 e. The lowest BCUT2D eigenvalue weighted by molar-refractivity contribution is 0.101. The lowest BCUT2D eigenvalue weighted by Gasteiger charge is -2.06. The quantitative estimate of drug-likeness (QED) is 0.863. The zero-order chi connectivity index (χ0) is 13.4. The zero-order valence-corrected chi connectivity index (χ0v) is 12.2. The van der Waals surface area contributed by atoms with Gasteiger partial charge in [0, 0.05) is 22.8 Å². The number of nitrogens with zero attached hydrogens (tertiary/aromatic N) is 1. The number of nitrogens with two attached hydrogens (primary N) is 1. The zero-order valence-electron chi connectivity index (χ0n) is 10.6. The van der Waals surface area contributed by atoms with E-state index in [1.807, 2.05) is 42.8 Å². The fourth-order valence-corrected chi connectivity index (χ4v) is 2.50. The minimum absolute atomic E-state index is 0.00367. The summed E-state index contributed by atoms with van der Waals surface area (Å²) in [6, 6.07) is 7.90. The summed E-state index contributed by atoms with van der Waals surface area (Å²) in [6.45, 7) is 3.46. The Morgan fingerprint density at radius 1 is 1.28 bits per heavy atom. The van der Waals surface area contributed by atoms with E-state index in [0.717, 1.165) is 21.4 Å². The summed E-state index contributed by atoms with van der Waals surface area (Å²) in [5.74, 6) is 0.00367. The number of hydrogen-bond acceptors (Lipinski definition) is 2. The molecule has 0 aliphatic rings. The van der Waals surface area contributed by atoms with Crippen LogP contribution in [0.4, 0.5) is 5.69 Å². The van der Waals surface area contributed by atoms with Crippen molar-refractivity contribution in [3.8, 4) is 11.3 Å². The van der Waals surface area contributed by atoms with Gasteiger partial charge in [-0.1, -0.05) is 28.1 Å². The third-order valence-corrected chi connectivity index (χ3v) is 3.72. The van der Waals surface area contributed by atoms with Crippen LogP contribution in [-0.4, -0.2) is 10.4 Å². The number of ketones is 1. The van der Waals surface area contributed by atoms with Crippen LogP contribution in [-0.2, 0) is 7.05 Å². The average molecular weight is 307 g/mol. The van der Waals surface area contributed by atoms with Crippen LogP contribution < -0.4 is 5.73 Å². The molecule has 0 radical (unpaired) electrons. The number of halogens is 1. The summed E-state index contributed by atoms with van der Waals surface area (Å²) < 4.78 is 2.98. The van der Waals surface area contributed by atoms with Gasteiger partial charge >= 0.3 is 0 Å². The van der Waals surface area contributed by atoms with Crippen molar-refractivity contribution in [1.82, 2.24) is 4.57 Å². The molecule has 0 unspecified atom stereocenters. The van der Waals surface area contributed by atoms with E-state index in [-0.39, 0.29) is 5.78 Å². The number of aromatic nitrogens is 1. The second-order valence-electron chi connectivity index (χ2n) is 4.34. The first-order chi connectivity index (χ1) is 8.43. The van der Waals surface area contributed by atoms with E-state index >= 15 is 0 Å². The maximum atomic E-state index is 11.6. The smallest absolute Gasteiger partial charge is 0.163 e. The van der Waals surface area contributed by atoms with Gasteiger partial charge in [-0.05, 0) is 26.0 Å². The van der Waals surface area contributed by atoms with Crippen molar-refractivity contribution in [3.63, 3.8) is 0 Å². The van der Waals surface area contributed by atoms with E-state index in [9.17, 15) is 4.79 Å². The van der Waals surface area contributed by atoms with Gasteiger partial charge in [0.25, 0.3) is 0 Å². The van der Waals surface area contributed by atoms with Crippen LogP contribution in [0.15, 0.2) is 28.7 Å². The number of rotatable bonds is 2. The molecule has 0 atom stereocenters. The highest BCUT2D eigenvalue weighted by molar-refractivity contribution is 9.10. The second-order valence-corrected chi connectivity index (χ2v) is 5.26. The summed E-state index contributed by atoms with van der Waals surface area (Å²) >= 11 is 3.41. The molecule has 94 valence electrons. The van der Waals surface area contributed by atoms with Crippen LogP contribution >= 0.6 is 15.9 Å². The van der Waals surface area contributed by atoms with E-state index in [1.165, 1.54) is 0 Å². The third-order valence-electron chi connectivity index (χ3n) is 3.19. The van der Waals surface area contributed by atoms with Crippen LogP contribution in [0.25, 0.3) is 11.3 Å². The lowest BCUT2D eigenvalue weighted by atomic mass is 10.1. The molecular weight excluding hydrogens is 292 g/mol. The second kappa shape index (κ2) is 4.61. The Bertz CT molecular complexity index is 612. The van der Waals surface area contributed by atoms with Crippen LogP contribution in [0, 0.1) is 6.92 Å². The van der Waals surface area contributed by atoms with Crippen LogP contribution in [0.5, 0.6) is 0 Å². The molecule has 0 fully saturated rings.